The number of nitrogens with two attached hydrogens (primary N) is 1. The number of benzene rings is 1. The highest BCUT2D eigenvalue weighted by Crippen LogP contribution is 2.10. The fourth-order valence-electron chi connectivity index (χ4n) is 1.70. The minimum atomic E-state index is -0.148. The van der Waals surface area contributed by atoms with Gasteiger partial charge < -0.3 is 15.6 Å². The Morgan fingerprint density at radius 1 is 1.28 bits per heavy atom. The van der Waals surface area contributed by atoms with E-state index in [0.29, 0.717) is 18.9 Å². The van der Waals surface area contributed by atoms with E-state index < -0.39 is 0 Å². The van der Waals surface area contributed by atoms with Gasteiger partial charge in [0, 0.05) is 26.2 Å². The second-order valence-corrected chi connectivity index (χ2v) is 4.15. The summed E-state index contributed by atoms with van der Waals surface area (Å²) in [6.07, 6.45) is 1.41. The van der Waals surface area contributed by atoms with Crippen LogP contribution in [0.5, 0.6) is 0 Å². The largest absolute Gasteiger partial charge is 0.355 e. The maximum absolute atomic E-state index is 11.2. The normalized spacial score (nSPS) is 10.3. The molecule has 94 valence electrons. The van der Waals surface area contributed by atoms with E-state index in [-0.39, 0.29) is 5.56 Å². The molecule has 18 heavy (non-hydrogen) atoms. The van der Waals surface area contributed by atoms with Crippen molar-refractivity contribution in [1.82, 2.24) is 9.97 Å². The molecule has 5 heteroatoms. The average molecular weight is 244 g/mol. The molecule has 0 atom stereocenters. The van der Waals surface area contributed by atoms with E-state index >= 15 is 0 Å². The SMILES string of the molecule is CN(Cc1ccc(CN)cc1)c1cc(=O)[nH]cn1. The van der Waals surface area contributed by atoms with Crippen molar-refractivity contribution >= 4 is 5.82 Å². The Bertz CT molecular complexity index is 562. The molecule has 0 bridgehead atoms. The van der Waals surface area contributed by atoms with Crippen LogP contribution in [0.25, 0.3) is 0 Å². The van der Waals surface area contributed by atoms with Crippen molar-refractivity contribution in [2.45, 2.75) is 13.1 Å². The van der Waals surface area contributed by atoms with Crippen LogP contribution in [0.4, 0.5) is 5.82 Å². The van der Waals surface area contributed by atoms with Gasteiger partial charge in [0.25, 0.3) is 5.56 Å². The highest BCUT2D eigenvalue weighted by atomic mass is 16.1. The second-order valence-electron chi connectivity index (χ2n) is 4.15. The van der Waals surface area contributed by atoms with Crippen LogP contribution in [-0.4, -0.2) is 17.0 Å². The molecule has 0 fully saturated rings. The van der Waals surface area contributed by atoms with Crippen molar-refractivity contribution in [2.24, 2.45) is 5.73 Å². The van der Waals surface area contributed by atoms with Crippen LogP contribution in [0.15, 0.2) is 41.5 Å². The van der Waals surface area contributed by atoms with E-state index in [0.717, 1.165) is 11.1 Å². The molecule has 0 amide bonds. The number of anilines is 1. The third kappa shape index (κ3) is 2.95. The van der Waals surface area contributed by atoms with Gasteiger partial charge in [-0.1, -0.05) is 24.3 Å². The van der Waals surface area contributed by atoms with Crippen LogP contribution in [0.2, 0.25) is 0 Å². The van der Waals surface area contributed by atoms with E-state index in [1.54, 1.807) is 0 Å². The number of aromatic amines is 1. The van der Waals surface area contributed by atoms with Gasteiger partial charge >= 0.3 is 0 Å². The molecule has 0 spiro atoms. The summed E-state index contributed by atoms with van der Waals surface area (Å²) < 4.78 is 0. The summed E-state index contributed by atoms with van der Waals surface area (Å²) in [5.41, 5.74) is 7.66. The van der Waals surface area contributed by atoms with Crippen molar-refractivity contribution in [3.8, 4) is 0 Å². The molecule has 0 radical (unpaired) electrons. The first kappa shape index (κ1) is 12.3. The van der Waals surface area contributed by atoms with Crippen molar-refractivity contribution in [1.29, 1.82) is 0 Å². The smallest absolute Gasteiger partial charge is 0.252 e. The van der Waals surface area contributed by atoms with E-state index in [4.69, 9.17) is 5.73 Å². The average Bonchev–Trinajstić information content (AvgIpc) is 2.39. The van der Waals surface area contributed by atoms with Crippen LogP contribution in [-0.2, 0) is 13.1 Å². The number of aromatic nitrogens is 2. The van der Waals surface area contributed by atoms with Crippen LogP contribution in [0, 0.1) is 0 Å². The fourth-order valence-corrected chi connectivity index (χ4v) is 1.70. The lowest BCUT2D eigenvalue weighted by Gasteiger charge is -2.17. The molecule has 0 unspecified atom stereocenters. The maximum atomic E-state index is 11.2. The molecule has 2 aromatic rings. The summed E-state index contributed by atoms with van der Waals surface area (Å²) in [5, 5.41) is 0. The van der Waals surface area contributed by atoms with Crippen LogP contribution >= 0.6 is 0 Å². The van der Waals surface area contributed by atoms with E-state index in [1.807, 2.05) is 36.2 Å². The summed E-state index contributed by atoms with van der Waals surface area (Å²) in [6, 6.07) is 9.56. The highest BCUT2D eigenvalue weighted by Gasteiger charge is 2.04. The molecule has 0 saturated carbocycles. The molecule has 2 rings (SSSR count). The van der Waals surface area contributed by atoms with Gasteiger partial charge in [-0.25, -0.2) is 4.98 Å². The maximum Gasteiger partial charge on any atom is 0.252 e. The quantitative estimate of drug-likeness (QED) is 0.836. The Morgan fingerprint density at radius 3 is 2.56 bits per heavy atom. The minimum Gasteiger partial charge on any atom is -0.355 e. The van der Waals surface area contributed by atoms with Gasteiger partial charge in [-0.05, 0) is 11.1 Å². The molecule has 0 aliphatic carbocycles. The molecule has 0 saturated heterocycles. The predicted molar refractivity (Wildman–Crippen MR) is 71.3 cm³/mol. The zero-order valence-corrected chi connectivity index (χ0v) is 10.3. The summed E-state index contributed by atoms with van der Waals surface area (Å²) in [5.74, 6) is 0.654. The molecule has 0 aliphatic rings. The Balaban J connectivity index is 2.10. The Hall–Kier alpha value is -2.14. The van der Waals surface area contributed by atoms with Gasteiger partial charge in [-0.3, -0.25) is 4.79 Å². The molecule has 1 aromatic heterocycles. The van der Waals surface area contributed by atoms with Gasteiger partial charge in [0.15, 0.2) is 0 Å². The van der Waals surface area contributed by atoms with Crippen molar-refractivity contribution in [2.75, 3.05) is 11.9 Å². The molecule has 1 heterocycles. The summed E-state index contributed by atoms with van der Waals surface area (Å²) in [6.45, 7) is 1.24. The highest BCUT2D eigenvalue weighted by molar-refractivity contribution is 5.37. The van der Waals surface area contributed by atoms with Crippen molar-refractivity contribution in [3.63, 3.8) is 0 Å². The molecule has 3 N–H and O–H groups in total. The Labute approximate surface area is 105 Å². The fraction of sp³-hybridized carbons (Fsp3) is 0.231. The first-order valence-corrected chi connectivity index (χ1v) is 5.73. The third-order valence-corrected chi connectivity index (χ3v) is 2.73. The van der Waals surface area contributed by atoms with Crippen LogP contribution in [0.3, 0.4) is 0 Å². The monoisotopic (exact) mass is 244 g/mol. The number of nitrogens with zero attached hydrogens (tertiary/aromatic N) is 2. The first-order chi connectivity index (χ1) is 8.69. The molecule has 0 aliphatic heterocycles. The standard InChI is InChI=1S/C13H16N4O/c1-17(12-6-13(18)16-9-15-12)8-11-4-2-10(7-14)3-5-11/h2-6,9H,7-8,14H2,1H3,(H,15,16,18). The predicted octanol–water partition coefficient (Wildman–Crippen LogP) is 0.865. The van der Waals surface area contributed by atoms with Crippen molar-refractivity contribution in [3.05, 3.63) is 58.1 Å². The van der Waals surface area contributed by atoms with E-state index in [9.17, 15) is 4.79 Å². The lowest BCUT2D eigenvalue weighted by molar-refractivity contribution is 0.885. The van der Waals surface area contributed by atoms with Crippen LogP contribution in [0.1, 0.15) is 11.1 Å². The molecular formula is C13H16N4O. The number of H-pyrrole nitrogens is 1. The number of hydrogen-bond donors (Lipinski definition) is 2. The summed E-state index contributed by atoms with van der Waals surface area (Å²) in [7, 11) is 1.90. The number of nitrogens with one attached hydrogen (secondary N) is 1. The van der Waals surface area contributed by atoms with Gasteiger partial charge in [0.2, 0.25) is 0 Å². The lowest BCUT2D eigenvalue weighted by Crippen LogP contribution is -2.20. The third-order valence-electron chi connectivity index (χ3n) is 2.73. The number of hydrogen-bond acceptors (Lipinski definition) is 4. The Morgan fingerprint density at radius 2 is 1.94 bits per heavy atom. The van der Waals surface area contributed by atoms with Crippen LogP contribution < -0.4 is 16.2 Å². The zero-order valence-electron chi connectivity index (χ0n) is 10.3. The second kappa shape index (κ2) is 5.46. The van der Waals surface area contributed by atoms with Gasteiger partial charge in [-0.15, -0.1) is 0 Å². The van der Waals surface area contributed by atoms with E-state index in [2.05, 4.69) is 9.97 Å². The minimum absolute atomic E-state index is 0.148. The van der Waals surface area contributed by atoms with Gasteiger partial charge in [-0.2, -0.15) is 0 Å². The summed E-state index contributed by atoms with van der Waals surface area (Å²) in [4.78, 5) is 19.7. The lowest BCUT2D eigenvalue weighted by atomic mass is 10.1. The molecule has 5 nitrogen and oxygen atoms in total. The van der Waals surface area contributed by atoms with E-state index in [1.165, 1.54) is 12.4 Å². The summed E-state index contributed by atoms with van der Waals surface area (Å²) >= 11 is 0. The van der Waals surface area contributed by atoms with Gasteiger partial charge in [0.1, 0.15) is 5.82 Å². The first-order valence-electron chi connectivity index (χ1n) is 5.73. The zero-order chi connectivity index (χ0) is 13.0. The number of rotatable bonds is 4. The van der Waals surface area contributed by atoms with Crippen molar-refractivity contribution < 1.29 is 0 Å². The Kier molecular flexibility index (Phi) is 3.74. The topological polar surface area (TPSA) is 75.0 Å². The molecule has 1 aromatic carbocycles. The molecular weight excluding hydrogens is 228 g/mol. The van der Waals surface area contributed by atoms with Gasteiger partial charge in [0.05, 0.1) is 6.33 Å².